The van der Waals surface area contributed by atoms with Crippen LogP contribution in [0.5, 0.6) is 0 Å². The number of sulfonamides is 1. The molecule has 2 aromatic heterocycles. The van der Waals surface area contributed by atoms with E-state index in [1.54, 1.807) is 17.3 Å². The predicted octanol–water partition coefficient (Wildman–Crippen LogP) is 3.37. The first-order valence-electron chi connectivity index (χ1n) is 12.6. The Hall–Kier alpha value is -2.57. The van der Waals surface area contributed by atoms with Crippen LogP contribution in [0.1, 0.15) is 56.8 Å². The Labute approximate surface area is 211 Å². The van der Waals surface area contributed by atoms with E-state index >= 15 is 4.39 Å². The molecule has 2 bridgehead atoms. The predicted molar refractivity (Wildman–Crippen MR) is 136 cm³/mol. The maximum Gasteiger partial charge on any atom is 0.228 e. The van der Waals surface area contributed by atoms with Crippen LogP contribution < -0.4 is 10.2 Å². The average Bonchev–Trinajstić information content (AvgIpc) is 3.28. The monoisotopic (exact) mass is 519 g/mol. The molecule has 0 aliphatic carbocycles. The summed E-state index contributed by atoms with van der Waals surface area (Å²) in [6.45, 7) is 4.50. The second-order valence-electron chi connectivity index (χ2n) is 9.86. The van der Waals surface area contributed by atoms with Crippen LogP contribution in [0.25, 0.3) is 5.57 Å². The third-order valence-corrected chi connectivity index (χ3v) is 9.46. The second-order valence-corrected chi connectivity index (χ2v) is 12.0. The number of fused-ring (bicyclic) bond motifs is 2. The van der Waals surface area contributed by atoms with Gasteiger partial charge in [0.25, 0.3) is 0 Å². The minimum atomic E-state index is -3.27. The van der Waals surface area contributed by atoms with E-state index in [9.17, 15) is 8.42 Å². The molecule has 36 heavy (non-hydrogen) atoms. The van der Waals surface area contributed by atoms with Crippen LogP contribution >= 0.6 is 0 Å². The zero-order valence-corrected chi connectivity index (χ0v) is 21.8. The molecule has 2 fully saturated rings. The van der Waals surface area contributed by atoms with Crippen molar-refractivity contribution in [3.63, 3.8) is 0 Å². The van der Waals surface area contributed by atoms with Crippen LogP contribution in [0, 0.1) is 12.7 Å². The Bertz CT molecular complexity index is 1230. The normalized spacial score (nSPS) is 24.9. The lowest BCUT2D eigenvalue weighted by atomic mass is 9.83. The first-order chi connectivity index (χ1) is 17.3. The van der Waals surface area contributed by atoms with Crippen molar-refractivity contribution < 1.29 is 17.5 Å². The Balaban J connectivity index is 1.48. The maximum absolute atomic E-state index is 15.6. The lowest BCUT2D eigenvalue weighted by Crippen LogP contribution is -2.58. The Morgan fingerprint density at radius 2 is 2.03 bits per heavy atom. The number of hydrogen-bond donors (Lipinski definition) is 2. The molecule has 0 spiro atoms. The molecule has 5 heterocycles. The van der Waals surface area contributed by atoms with Gasteiger partial charge in [0.15, 0.2) is 17.5 Å². The zero-order chi connectivity index (χ0) is 25.4. The molecule has 0 amide bonds. The Kier molecular flexibility index (Phi) is 7.01. The highest BCUT2D eigenvalue weighted by molar-refractivity contribution is 7.89. The van der Waals surface area contributed by atoms with Gasteiger partial charge in [0, 0.05) is 36.9 Å². The summed E-state index contributed by atoms with van der Waals surface area (Å²) in [4.78, 5) is 11.2. The molecule has 0 aromatic carbocycles. The number of rotatable bonds is 7. The van der Waals surface area contributed by atoms with Crippen LogP contribution in [0.3, 0.4) is 0 Å². The summed E-state index contributed by atoms with van der Waals surface area (Å²) in [5.74, 6) is 0.529. The average molecular weight is 520 g/mol. The van der Waals surface area contributed by atoms with Gasteiger partial charge in [0.1, 0.15) is 5.69 Å². The quantitative estimate of drug-likeness (QED) is 0.572. The fourth-order valence-electron chi connectivity index (χ4n) is 5.63. The van der Waals surface area contributed by atoms with E-state index in [4.69, 9.17) is 4.74 Å². The number of aryl methyl sites for hydroxylation is 1. The minimum absolute atomic E-state index is 0.0300. The highest BCUT2D eigenvalue weighted by atomic mass is 32.2. The molecule has 10 nitrogen and oxygen atoms in total. The summed E-state index contributed by atoms with van der Waals surface area (Å²) < 4.78 is 48.4. The van der Waals surface area contributed by atoms with Crippen molar-refractivity contribution in [2.45, 2.75) is 70.5 Å². The molecule has 3 aliphatic rings. The number of piperidine rings is 2. The number of aromatic amines is 1. The molecule has 3 atom stereocenters. The number of anilines is 3. The minimum Gasteiger partial charge on any atom is -0.377 e. The molecular weight excluding hydrogens is 485 g/mol. The highest BCUT2D eigenvalue weighted by Crippen LogP contribution is 2.39. The molecule has 12 heteroatoms. The van der Waals surface area contributed by atoms with E-state index in [-0.39, 0.29) is 35.4 Å². The van der Waals surface area contributed by atoms with Gasteiger partial charge in [-0.3, -0.25) is 5.10 Å². The summed E-state index contributed by atoms with van der Waals surface area (Å²) in [6.07, 6.45) is 6.56. The maximum atomic E-state index is 15.6. The second kappa shape index (κ2) is 10.1. The molecule has 0 saturated carbocycles. The first kappa shape index (κ1) is 25.1. The number of ether oxygens (including phenoxy) is 1. The standard InChI is InChI=1S/C24H34FN7O3S/c1-4-36(33,34)32-17-6-5-7-18(32)14-19(13-17)31(3)24-27-22(16-8-10-35-11-9-16)21(25)23(28-24)26-20-12-15(2)29-30-20/h8,12,17-19H,4-7,9-11,13-14H2,1-3H3,(H2,26,27,28,29,30)/t17-,18+,19+. The zero-order valence-electron chi connectivity index (χ0n) is 21.0. The van der Waals surface area contributed by atoms with Gasteiger partial charge in [-0.05, 0) is 51.5 Å². The molecule has 3 aliphatic heterocycles. The topological polar surface area (TPSA) is 116 Å². The SMILES string of the molecule is CCS(=O)(=O)N1[C@@H]2CCC[C@H]1C[C@@H](N(C)c1nc(Nc3cc(C)[nH]n3)c(F)c(C3=CCOCC3)n1)C2. The Morgan fingerprint density at radius 3 is 2.64 bits per heavy atom. The van der Waals surface area contributed by atoms with Crippen LogP contribution in [0.15, 0.2) is 12.1 Å². The number of H-pyrrole nitrogens is 1. The van der Waals surface area contributed by atoms with Crippen molar-refractivity contribution in [1.29, 1.82) is 0 Å². The van der Waals surface area contributed by atoms with Crippen LogP contribution in [0.4, 0.5) is 22.0 Å². The van der Waals surface area contributed by atoms with Crippen LogP contribution in [-0.2, 0) is 14.8 Å². The molecule has 5 rings (SSSR count). The van der Waals surface area contributed by atoms with Crippen molar-refractivity contribution in [2.24, 2.45) is 0 Å². The summed E-state index contributed by atoms with van der Waals surface area (Å²) in [6, 6.07) is 1.77. The van der Waals surface area contributed by atoms with Crippen molar-refractivity contribution >= 4 is 33.2 Å². The smallest absolute Gasteiger partial charge is 0.228 e. The summed E-state index contributed by atoms with van der Waals surface area (Å²) >= 11 is 0. The van der Waals surface area contributed by atoms with Gasteiger partial charge in [0.05, 0.1) is 19.0 Å². The van der Waals surface area contributed by atoms with Crippen molar-refractivity contribution in [1.82, 2.24) is 24.5 Å². The lowest BCUT2D eigenvalue weighted by molar-refractivity contribution is 0.109. The van der Waals surface area contributed by atoms with E-state index in [2.05, 4.69) is 25.5 Å². The van der Waals surface area contributed by atoms with E-state index in [0.29, 0.717) is 44.2 Å². The third-order valence-electron chi connectivity index (χ3n) is 7.49. The molecule has 0 radical (unpaired) electrons. The Morgan fingerprint density at radius 1 is 1.28 bits per heavy atom. The van der Waals surface area contributed by atoms with Gasteiger partial charge < -0.3 is 15.0 Å². The van der Waals surface area contributed by atoms with Gasteiger partial charge in [-0.15, -0.1) is 0 Å². The number of aromatic nitrogens is 4. The molecular formula is C24H34FN7O3S. The summed E-state index contributed by atoms with van der Waals surface area (Å²) in [7, 11) is -1.35. The van der Waals surface area contributed by atoms with Gasteiger partial charge in [-0.2, -0.15) is 14.4 Å². The van der Waals surface area contributed by atoms with E-state index < -0.39 is 15.8 Å². The lowest BCUT2D eigenvalue weighted by Gasteiger charge is -2.49. The summed E-state index contributed by atoms with van der Waals surface area (Å²) in [5.41, 5.74) is 1.89. The number of nitrogens with zero attached hydrogens (tertiary/aromatic N) is 5. The third kappa shape index (κ3) is 4.85. The van der Waals surface area contributed by atoms with Gasteiger partial charge in [0.2, 0.25) is 16.0 Å². The van der Waals surface area contributed by atoms with Crippen LogP contribution in [0.2, 0.25) is 0 Å². The molecule has 2 saturated heterocycles. The van der Waals surface area contributed by atoms with Gasteiger partial charge in [-0.1, -0.05) is 12.5 Å². The van der Waals surface area contributed by atoms with E-state index in [1.165, 1.54) is 0 Å². The number of hydrogen-bond acceptors (Lipinski definition) is 8. The van der Waals surface area contributed by atoms with Gasteiger partial charge in [-0.25, -0.2) is 17.8 Å². The highest BCUT2D eigenvalue weighted by Gasteiger charge is 2.45. The van der Waals surface area contributed by atoms with Crippen molar-refractivity contribution in [2.75, 3.05) is 36.2 Å². The number of halogens is 1. The molecule has 0 unspecified atom stereocenters. The molecule has 2 N–H and O–H groups in total. The summed E-state index contributed by atoms with van der Waals surface area (Å²) in [5, 5.41) is 10.0. The van der Waals surface area contributed by atoms with E-state index in [0.717, 1.165) is 30.5 Å². The fourth-order valence-corrected chi connectivity index (χ4v) is 7.22. The van der Waals surface area contributed by atoms with Crippen molar-refractivity contribution in [3.05, 3.63) is 29.3 Å². The van der Waals surface area contributed by atoms with Crippen molar-refractivity contribution in [3.8, 4) is 0 Å². The van der Waals surface area contributed by atoms with Gasteiger partial charge >= 0.3 is 0 Å². The largest absolute Gasteiger partial charge is 0.377 e. The molecule has 196 valence electrons. The van der Waals surface area contributed by atoms with Crippen LogP contribution in [-0.4, -0.2) is 77.0 Å². The fraction of sp³-hybridized carbons (Fsp3) is 0.625. The molecule has 2 aromatic rings. The van der Waals surface area contributed by atoms with E-state index in [1.807, 2.05) is 24.9 Å². The first-order valence-corrected chi connectivity index (χ1v) is 14.3. The number of nitrogens with one attached hydrogen (secondary N) is 2.